The van der Waals surface area contributed by atoms with Crippen molar-refractivity contribution in [3.63, 3.8) is 0 Å². The van der Waals surface area contributed by atoms with E-state index in [1.165, 1.54) is 0 Å². The lowest BCUT2D eigenvalue weighted by Crippen LogP contribution is -1.97. The number of carboxylic acids is 1. The molecule has 1 N–H and O–H groups in total. The van der Waals surface area contributed by atoms with E-state index in [1.807, 2.05) is 0 Å². The lowest BCUT2D eigenvalue weighted by Gasteiger charge is -1.95. The third-order valence-electron chi connectivity index (χ3n) is 1.19. The van der Waals surface area contributed by atoms with Crippen LogP contribution in [0.3, 0.4) is 0 Å². The summed E-state index contributed by atoms with van der Waals surface area (Å²) in [5.74, 6) is -0.724. The quantitative estimate of drug-likeness (QED) is 0.586. The van der Waals surface area contributed by atoms with Gasteiger partial charge in [-0.2, -0.15) is 0 Å². The summed E-state index contributed by atoms with van der Waals surface area (Å²) in [6.07, 6.45) is 0.928. The molecule has 0 aromatic carbocycles. The second-order valence-corrected chi connectivity index (χ2v) is 3.70. The number of allylic oxidation sites excluding steroid dienone is 1. The zero-order valence-electron chi connectivity index (χ0n) is 5.68. The molecule has 0 amide bonds. The largest absolute Gasteiger partial charge is 0.481 e. The summed E-state index contributed by atoms with van der Waals surface area (Å²) in [5, 5.41) is 9.38. The molecule has 0 aliphatic rings. The third kappa shape index (κ3) is 5.30. The van der Waals surface area contributed by atoms with Gasteiger partial charge in [0.2, 0.25) is 0 Å². The average molecular weight is 144 g/mol. The van der Waals surface area contributed by atoms with Crippen molar-refractivity contribution in [1.82, 2.24) is 0 Å². The normalized spacial score (nSPS) is 10.3. The van der Waals surface area contributed by atoms with E-state index in [9.17, 15) is 4.79 Å². The minimum Gasteiger partial charge on any atom is -0.481 e. The topological polar surface area (TPSA) is 37.3 Å². The summed E-state index contributed by atoms with van der Waals surface area (Å²) in [6, 6.07) is 0. The van der Waals surface area contributed by atoms with E-state index in [1.54, 1.807) is 0 Å². The molecule has 0 radical (unpaired) electrons. The van der Waals surface area contributed by atoms with Crippen molar-refractivity contribution in [1.29, 1.82) is 0 Å². The number of carbonyl (C=O) groups is 1. The molecule has 0 bridgehead atoms. The van der Waals surface area contributed by atoms with Gasteiger partial charge in [-0.15, -0.1) is 6.58 Å². The minimum atomic E-state index is -0.724. The van der Waals surface area contributed by atoms with E-state index < -0.39 is 5.97 Å². The fourth-order valence-corrected chi connectivity index (χ4v) is 0.991. The van der Waals surface area contributed by atoms with Crippen LogP contribution in [0.5, 0.6) is 0 Å². The van der Waals surface area contributed by atoms with Crippen molar-refractivity contribution in [2.45, 2.75) is 19.4 Å². The molecule has 3 heteroatoms. The fraction of sp³-hybridized carbons (Fsp3) is 0.500. The van der Waals surface area contributed by atoms with Gasteiger partial charge in [-0.05, 0) is 6.42 Å². The number of hydrogen-bond donors (Lipinski definition) is 1. The molecular formula is C6H12O2Si. The first kappa shape index (κ1) is 8.43. The standard InChI is InChI=1S/C6H12O2Si/c1-5(9-2)3-4-6(7)8/h1,3-4,9H2,2H3,(H,7,8). The van der Waals surface area contributed by atoms with Gasteiger partial charge >= 0.3 is 5.97 Å². The predicted octanol–water partition coefficient (Wildman–Crippen LogP) is 0.582. The summed E-state index contributed by atoms with van der Waals surface area (Å²) >= 11 is 0. The van der Waals surface area contributed by atoms with Gasteiger partial charge in [0, 0.05) is 15.9 Å². The lowest BCUT2D eigenvalue weighted by atomic mass is 10.3. The molecule has 0 aromatic rings. The Bertz CT molecular complexity index is 120. The Morgan fingerprint density at radius 2 is 2.22 bits per heavy atom. The van der Waals surface area contributed by atoms with E-state index in [0.717, 1.165) is 5.20 Å². The smallest absolute Gasteiger partial charge is 0.303 e. The van der Waals surface area contributed by atoms with Crippen LogP contribution in [-0.2, 0) is 4.79 Å². The molecule has 0 atom stereocenters. The molecule has 0 saturated carbocycles. The van der Waals surface area contributed by atoms with Crippen molar-refractivity contribution in [2.24, 2.45) is 0 Å². The molecule has 9 heavy (non-hydrogen) atoms. The average Bonchev–Trinajstić information content (AvgIpc) is 1.83. The van der Waals surface area contributed by atoms with Crippen LogP contribution in [0, 0.1) is 0 Å². The minimum absolute atomic E-state index is 0.162. The monoisotopic (exact) mass is 144 g/mol. The van der Waals surface area contributed by atoms with Crippen LogP contribution >= 0.6 is 0 Å². The molecule has 0 spiro atoms. The Kier molecular flexibility index (Phi) is 4.04. The molecule has 2 nitrogen and oxygen atoms in total. The highest BCUT2D eigenvalue weighted by molar-refractivity contribution is 6.43. The summed E-state index contributed by atoms with van der Waals surface area (Å²) < 4.78 is 0. The number of hydrogen-bond acceptors (Lipinski definition) is 1. The maximum atomic E-state index is 9.99. The Morgan fingerprint density at radius 3 is 2.56 bits per heavy atom. The van der Waals surface area contributed by atoms with Crippen molar-refractivity contribution in [2.75, 3.05) is 0 Å². The Labute approximate surface area is 57.4 Å². The third-order valence-corrected chi connectivity index (χ3v) is 2.55. The van der Waals surface area contributed by atoms with Gasteiger partial charge in [0.05, 0.1) is 0 Å². The van der Waals surface area contributed by atoms with Gasteiger partial charge in [-0.1, -0.05) is 11.7 Å². The molecule has 0 rings (SSSR count). The summed E-state index contributed by atoms with van der Waals surface area (Å²) in [5.41, 5.74) is 0. The molecule has 52 valence electrons. The first-order valence-electron chi connectivity index (χ1n) is 3.05. The predicted molar refractivity (Wildman–Crippen MR) is 40.4 cm³/mol. The Balaban J connectivity index is 3.28. The van der Waals surface area contributed by atoms with Crippen molar-refractivity contribution in [3.8, 4) is 0 Å². The molecule has 0 unspecified atom stereocenters. The van der Waals surface area contributed by atoms with Crippen LogP contribution in [0.2, 0.25) is 6.55 Å². The molecule has 0 fully saturated rings. The summed E-state index contributed by atoms with van der Waals surface area (Å²) in [4.78, 5) is 9.99. The van der Waals surface area contributed by atoms with Gasteiger partial charge in [-0.3, -0.25) is 4.79 Å². The van der Waals surface area contributed by atoms with Crippen molar-refractivity contribution < 1.29 is 9.90 Å². The molecule has 0 heterocycles. The molecular weight excluding hydrogens is 132 g/mol. The van der Waals surface area contributed by atoms with Crippen LogP contribution < -0.4 is 0 Å². The zero-order chi connectivity index (χ0) is 7.28. The van der Waals surface area contributed by atoms with Crippen molar-refractivity contribution >= 4 is 15.5 Å². The fourth-order valence-electron chi connectivity index (χ4n) is 0.460. The van der Waals surface area contributed by atoms with E-state index in [4.69, 9.17) is 5.11 Å². The van der Waals surface area contributed by atoms with Gasteiger partial charge in [0.15, 0.2) is 0 Å². The maximum absolute atomic E-state index is 9.99. The van der Waals surface area contributed by atoms with Gasteiger partial charge in [0.25, 0.3) is 0 Å². The van der Waals surface area contributed by atoms with E-state index in [2.05, 4.69) is 13.1 Å². The Hall–Kier alpha value is -0.573. The van der Waals surface area contributed by atoms with Gasteiger partial charge < -0.3 is 5.11 Å². The lowest BCUT2D eigenvalue weighted by molar-refractivity contribution is -0.136. The molecule has 0 aromatic heterocycles. The van der Waals surface area contributed by atoms with Crippen LogP contribution in [0.25, 0.3) is 0 Å². The van der Waals surface area contributed by atoms with Crippen LogP contribution in [0.4, 0.5) is 0 Å². The van der Waals surface area contributed by atoms with Crippen LogP contribution in [0.15, 0.2) is 11.8 Å². The highest BCUT2D eigenvalue weighted by Crippen LogP contribution is 1.98. The SMILES string of the molecule is C=C(CCC(=O)O)[SiH2]C. The second kappa shape index (κ2) is 4.32. The van der Waals surface area contributed by atoms with E-state index in [0.29, 0.717) is 6.42 Å². The summed E-state index contributed by atoms with van der Waals surface area (Å²) in [6.45, 7) is 5.86. The molecule has 0 saturated heterocycles. The number of aliphatic carboxylic acids is 1. The zero-order valence-corrected chi connectivity index (χ0v) is 7.10. The van der Waals surface area contributed by atoms with Crippen molar-refractivity contribution in [3.05, 3.63) is 11.8 Å². The molecule has 0 aliphatic carbocycles. The highest BCUT2D eigenvalue weighted by Gasteiger charge is 1.96. The van der Waals surface area contributed by atoms with Gasteiger partial charge in [-0.25, -0.2) is 0 Å². The second-order valence-electron chi connectivity index (χ2n) is 2.00. The van der Waals surface area contributed by atoms with Gasteiger partial charge in [0.1, 0.15) is 0 Å². The summed E-state index contributed by atoms with van der Waals surface area (Å²) in [7, 11) is -0.162. The number of carboxylic acid groups (broad SMARTS) is 1. The van der Waals surface area contributed by atoms with Crippen LogP contribution in [-0.4, -0.2) is 20.6 Å². The highest BCUT2D eigenvalue weighted by atomic mass is 28.2. The van der Waals surface area contributed by atoms with E-state index >= 15 is 0 Å². The van der Waals surface area contributed by atoms with Crippen LogP contribution in [0.1, 0.15) is 12.8 Å². The first-order chi connectivity index (χ1) is 4.16. The Morgan fingerprint density at radius 1 is 1.67 bits per heavy atom. The number of rotatable bonds is 4. The maximum Gasteiger partial charge on any atom is 0.303 e. The first-order valence-corrected chi connectivity index (χ1v) is 5.17. The molecule has 0 aliphatic heterocycles. The van der Waals surface area contributed by atoms with E-state index in [-0.39, 0.29) is 15.9 Å².